The minimum Gasteiger partial charge on any atom is -0.380 e. The summed E-state index contributed by atoms with van der Waals surface area (Å²) in [4.78, 5) is 11.4. The molecule has 4 heteroatoms. The molecule has 0 spiro atoms. The summed E-state index contributed by atoms with van der Waals surface area (Å²) in [6, 6.07) is 0.0565. The predicted molar refractivity (Wildman–Crippen MR) is 64.1 cm³/mol. The van der Waals surface area contributed by atoms with Gasteiger partial charge in [0.1, 0.15) is 0 Å². The Morgan fingerprint density at radius 1 is 1.50 bits per heavy atom. The van der Waals surface area contributed by atoms with Crippen LogP contribution in [0, 0.1) is 5.92 Å². The lowest BCUT2D eigenvalue weighted by Crippen LogP contribution is -2.34. The van der Waals surface area contributed by atoms with E-state index in [1.165, 1.54) is 12.8 Å². The normalized spacial score (nSPS) is 17.1. The topological polar surface area (TPSA) is 64.3 Å². The van der Waals surface area contributed by atoms with Gasteiger partial charge in [0.2, 0.25) is 5.91 Å². The Labute approximate surface area is 97.9 Å². The first-order chi connectivity index (χ1) is 7.74. The molecule has 1 amide bonds. The van der Waals surface area contributed by atoms with Crippen LogP contribution in [-0.4, -0.2) is 31.7 Å². The average Bonchev–Trinajstić information content (AvgIpc) is 3.06. The smallest absolute Gasteiger partial charge is 0.221 e. The van der Waals surface area contributed by atoms with E-state index < -0.39 is 0 Å². The van der Waals surface area contributed by atoms with Crippen LogP contribution in [0.4, 0.5) is 0 Å². The van der Waals surface area contributed by atoms with Crippen LogP contribution in [0.2, 0.25) is 0 Å². The van der Waals surface area contributed by atoms with Gasteiger partial charge in [0, 0.05) is 25.6 Å². The first kappa shape index (κ1) is 13.5. The molecule has 1 atom stereocenters. The van der Waals surface area contributed by atoms with Gasteiger partial charge < -0.3 is 15.8 Å². The van der Waals surface area contributed by atoms with Gasteiger partial charge in [0.05, 0.1) is 6.61 Å². The number of carbonyl (C=O) groups is 1. The molecule has 0 aromatic carbocycles. The van der Waals surface area contributed by atoms with E-state index in [0.29, 0.717) is 25.5 Å². The number of amides is 1. The van der Waals surface area contributed by atoms with Crippen molar-refractivity contribution in [2.24, 2.45) is 11.7 Å². The molecule has 1 aliphatic carbocycles. The SMILES string of the molecule is CCCCOCCNC(=O)CC(N)C1CC1. The summed E-state index contributed by atoms with van der Waals surface area (Å²) in [6.07, 6.45) is 5.06. The number of unbranched alkanes of at least 4 members (excludes halogenated alkanes) is 1. The molecular formula is C12H24N2O2. The second kappa shape index (κ2) is 7.63. The molecule has 0 aromatic heterocycles. The number of nitrogens with one attached hydrogen (secondary N) is 1. The third kappa shape index (κ3) is 6.08. The molecule has 3 N–H and O–H groups in total. The summed E-state index contributed by atoms with van der Waals surface area (Å²) in [5.41, 5.74) is 5.86. The van der Waals surface area contributed by atoms with E-state index in [-0.39, 0.29) is 11.9 Å². The number of ether oxygens (including phenoxy) is 1. The van der Waals surface area contributed by atoms with E-state index in [1.807, 2.05) is 0 Å². The Morgan fingerprint density at radius 3 is 2.88 bits per heavy atom. The molecule has 0 saturated heterocycles. The van der Waals surface area contributed by atoms with E-state index in [1.54, 1.807) is 0 Å². The zero-order valence-corrected chi connectivity index (χ0v) is 10.2. The Balaban J connectivity index is 1.89. The maximum absolute atomic E-state index is 11.4. The van der Waals surface area contributed by atoms with Crippen molar-refractivity contribution in [3.05, 3.63) is 0 Å². The van der Waals surface area contributed by atoms with Gasteiger partial charge in [-0.1, -0.05) is 13.3 Å². The van der Waals surface area contributed by atoms with Gasteiger partial charge in [-0.05, 0) is 25.2 Å². The molecule has 1 rings (SSSR count). The quantitative estimate of drug-likeness (QED) is 0.580. The highest BCUT2D eigenvalue weighted by atomic mass is 16.5. The Hall–Kier alpha value is -0.610. The number of rotatable bonds is 9. The molecule has 0 radical (unpaired) electrons. The molecule has 16 heavy (non-hydrogen) atoms. The first-order valence-electron chi connectivity index (χ1n) is 6.34. The van der Waals surface area contributed by atoms with Gasteiger partial charge in [-0.25, -0.2) is 0 Å². The van der Waals surface area contributed by atoms with Crippen LogP contribution in [0.3, 0.4) is 0 Å². The summed E-state index contributed by atoms with van der Waals surface area (Å²) in [5.74, 6) is 0.644. The van der Waals surface area contributed by atoms with Crippen molar-refractivity contribution in [3.8, 4) is 0 Å². The van der Waals surface area contributed by atoms with Crippen molar-refractivity contribution < 1.29 is 9.53 Å². The molecule has 0 aliphatic heterocycles. The maximum atomic E-state index is 11.4. The van der Waals surface area contributed by atoms with Gasteiger partial charge >= 0.3 is 0 Å². The molecule has 1 fully saturated rings. The minimum atomic E-state index is 0.0542. The van der Waals surface area contributed by atoms with Crippen molar-refractivity contribution in [2.45, 2.75) is 45.1 Å². The Morgan fingerprint density at radius 2 is 2.25 bits per heavy atom. The molecular weight excluding hydrogens is 204 g/mol. The third-order valence-corrected chi connectivity index (χ3v) is 2.86. The van der Waals surface area contributed by atoms with Crippen molar-refractivity contribution in [2.75, 3.05) is 19.8 Å². The van der Waals surface area contributed by atoms with Gasteiger partial charge in [-0.3, -0.25) is 4.79 Å². The van der Waals surface area contributed by atoms with Crippen LogP contribution >= 0.6 is 0 Å². The van der Waals surface area contributed by atoms with Crippen LogP contribution in [0.5, 0.6) is 0 Å². The highest BCUT2D eigenvalue weighted by molar-refractivity contribution is 5.76. The summed E-state index contributed by atoms with van der Waals surface area (Å²) in [7, 11) is 0. The second-order valence-electron chi connectivity index (χ2n) is 4.52. The van der Waals surface area contributed by atoms with Crippen LogP contribution < -0.4 is 11.1 Å². The van der Waals surface area contributed by atoms with E-state index in [0.717, 1.165) is 19.4 Å². The highest BCUT2D eigenvalue weighted by Crippen LogP contribution is 2.32. The zero-order valence-electron chi connectivity index (χ0n) is 10.2. The van der Waals surface area contributed by atoms with Crippen LogP contribution in [0.25, 0.3) is 0 Å². The fourth-order valence-corrected chi connectivity index (χ4v) is 1.59. The summed E-state index contributed by atoms with van der Waals surface area (Å²) < 4.78 is 5.34. The van der Waals surface area contributed by atoms with Crippen molar-refractivity contribution in [1.82, 2.24) is 5.32 Å². The van der Waals surface area contributed by atoms with Gasteiger partial charge in [0.15, 0.2) is 0 Å². The predicted octanol–water partition coefficient (Wildman–Crippen LogP) is 1.05. The lowest BCUT2D eigenvalue weighted by Gasteiger charge is -2.10. The minimum absolute atomic E-state index is 0.0542. The van der Waals surface area contributed by atoms with Gasteiger partial charge in [0.25, 0.3) is 0 Å². The first-order valence-corrected chi connectivity index (χ1v) is 6.34. The lowest BCUT2D eigenvalue weighted by atomic mass is 10.1. The molecule has 1 saturated carbocycles. The summed E-state index contributed by atoms with van der Waals surface area (Å²) in [6.45, 7) is 4.11. The second-order valence-corrected chi connectivity index (χ2v) is 4.52. The molecule has 1 unspecified atom stereocenters. The van der Waals surface area contributed by atoms with Crippen LogP contribution in [0.1, 0.15) is 39.0 Å². The number of hydrogen-bond acceptors (Lipinski definition) is 3. The summed E-state index contributed by atoms with van der Waals surface area (Å²) in [5, 5.41) is 2.83. The lowest BCUT2D eigenvalue weighted by molar-refractivity contribution is -0.121. The Bertz CT molecular complexity index is 205. The van der Waals surface area contributed by atoms with Crippen LogP contribution in [-0.2, 0) is 9.53 Å². The monoisotopic (exact) mass is 228 g/mol. The molecule has 4 nitrogen and oxygen atoms in total. The van der Waals surface area contributed by atoms with Gasteiger partial charge in [-0.2, -0.15) is 0 Å². The number of carbonyl (C=O) groups excluding carboxylic acids is 1. The molecule has 0 heterocycles. The van der Waals surface area contributed by atoms with Crippen molar-refractivity contribution in [1.29, 1.82) is 0 Å². The van der Waals surface area contributed by atoms with E-state index in [4.69, 9.17) is 10.5 Å². The maximum Gasteiger partial charge on any atom is 0.221 e. The van der Waals surface area contributed by atoms with Crippen molar-refractivity contribution in [3.63, 3.8) is 0 Å². The van der Waals surface area contributed by atoms with Crippen LogP contribution in [0.15, 0.2) is 0 Å². The number of nitrogens with two attached hydrogens (primary N) is 1. The van der Waals surface area contributed by atoms with E-state index >= 15 is 0 Å². The van der Waals surface area contributed by atoms with E-state index in [2.05, 4.69) is 12.2 Å². The third-order valence-electron chi connectivity index (χ3n) is 2.86. The number of hydrogen-bond donors (Lipinski definition) is 2. The average molecular weight is 228 g/mol. The molecule has 0 aromatic rings. The van der Waals surface area contributed by atoms with Crippen molar-refractivity contribution >= 4 is 5.91 Å². The standard InChI is InChI=1S/C12H24N2O2/c1-2-3-7-16-8-6-14-12(15)9-11(13)10-4-5-10/h10-11H,2-9,13H2,1H3,(H,14,15). The summed E-state index contributed by atoms with van der Waals surface area (Å²) >= 11 is 0. The van der Waals surface area contributed by atoms with E-state index in [9.17, 15) is 4.79 Å². The zero-order chi connectivity index (χ0) is 11.8. The molecule has 94 valence electrons. The largest absolute Gasteiger partial charge is 0.380 e. The molecule has 0 bridgehead atoms. The fraction of sp³-hybridized carbons (Fsp3) is 0.917. The fourth-order valence-electron chi connectivity index (χ4n) is 1.59. The molecule has 1 aliphatic rings. The highest BCUT2D eigenvalue weighted by Gasteiger charge is 2.29. The Kier molecular flexibility index (Phi) is 6.42. The van der Waals surface area contributed by atoms with Gasteiger partial charge in [-0.15, -0.1) is 0 Å².